The molecule has 0 amide bonds. The average molecular weight is 241 g/mol. The van der Waals surface area contributed by atoms with Crippen molar-refractivity contribution in [3.63, 3.8) is 0 Å². The Morgan fingerprint density at radius 2 is 2.46 bits per heavy atom. The highest BCUT2D eigenvalue weighted by atomic mass is 79.9. The van der Waals surface area contributed by atoms with E-state index >= 15 is 0 Å². The van der Waals surface area contributed by atoms with Gasteiger partial charge in [-0.3, -0.25) is 4.98 Å². The monoisotopic (exact) mass is 240 g/mol. The van der Waals surface area contributed by atoms with E-state index in [1.165, 1.54) is 0 Å². The molecule has 1 N–H and O–H groups in total. The van der Waals surface area contributed by atoms with E-state index in [1.807, 2.05) is 18.2 Å². The topological polar surface area (TPSA) is 24.9 Å². The highest BCUT2D eigenvalue weighted by Crippen LogP contribution is 2.14. The van der Waals surface area contributed by atoms with Gasteiger partial charge in [0.2, 0.25) is 0 Å². The Kier molecular flexibility index (Phi) is 4.12. The molecule has 0 bridgehead atoms. The first-order valence-corrected chi connectivity index (χ1v) is 5.04. The summed E-state index contributed by atoms with van der Waals surface area (Å²) in [5.41, 5.74) is 1.00. The summed E-state index contributed by atoms with van der Waals surface area (Å²) < 4.78 is 0.996. The third-order valence-corrected chi connectivity index (χ3v) is 2.20. The molecule has 0 radical (unpaired) electrons. The van der Waals surface area contributed by atoms with E-state index in [9.17, 15) is 0 Å². The van der Waals surface area contributed by atoms with Crippen molar-refractivity contribution in [2.75, 3.05) is 6.54 Å². The van der Waals surface area contributed by atoms with E-state index in [2.05, 4.69) is 39.7 Å². The van der Waals surface area contributed by atoms with Crippen LogP contribution in [-0.2, 0) is 0 Å². The fourth-order valence-electron chi connectivity index (χ4n) is 1.10. The Balaban J connectivity index is 2.79. The molecule has 0 aromatic carbocycles. The summed E-state index contributed by atoms with van der Waals surface area (Å²) in [6, 6.07) is 4.12. The van der Waals surface area contributed by atoms with Gasteiger partial charge in [-0.05, 0) is 34.6 Å². The minimum absolute atomic E-state index is 0.151. The molecule has 0 aliphatic heterocycles. The number of pyridine rings is 1. The van der Waals surface area contributed by atoms with Crippen molar-refractivity contribution in [2.24, 2.45) is 0 Å². The number of likely N-dealkylation sites (N-methyl/N-ethyl adjacent to an activating group) is 1. The number of nitrogens with one attached hydrogen (secondary N) is 1. The fraction of sp³-hybridized carbons (Fsp3) is 0.300. The van der Waals surface area contributed by atoms with Gasteiger partial charge in [0.1, 0.15) is 0 Å². The van der Waals surface area contributed by atoms with Gasteiger partial charge in [-0.2, -0.15) is 0 Å². The van der Waals surface area contributed by atoms with Crippen molar-refractivity contribution in [1.82, 2.24) is 10.3 Å². The largest absolute Gasteiger partial charge is 0.306 e. The molecule has 0 aliphatic rings. The molecule has 1 atom stereocenters. The van der Waals surface area contributed by atoms with Crippen LogP contribution < -0.4 is 5.32 Å². The van der Waals surface area contributed by atoms with Crippen molar-refractivity contribution in [3.05, 3.63) is 41.2 Å². The summed E-state index contributed by atoms with van der Waals surface area (Å²) in [4.78, 5) is 4.29. The van der Waals surface area contributed by atoms with E-state index in [1.54, 1.807) is 6.20 Å². The molecule has 0 fully saturated rings. The van der Waals surface area contributed by atoms with Gasteiger partial charge in [-0.25, -0.2) is 0 Å². The summed E-state index contributed by atoms with van der Waals surface area (Å²) in [5, 5.41) is 3.27. The van der Waals surface area contributed by atoms with Gasteiger partial charge >= 0.3 is 0 Å². The third kappa shape index (κ3) is 2.94. The van der Waals surface area contributed by atoms with Crippen LogP contribution in [0.1, 0.15) is 18.7 Å². The third-order valence-electron chi connectivity index (χ3n) is 1.73. The number of nitrogens with zero attached hydrogens (tertiary/aromatic N) is 1. The molecule has 2 nitrogen and oxygen atoms in total. The van der Waals surface area contributed by atoms with Crippen LogP contribution in [0.3, 0.4) is 0 Å². The van der Waals surface area contributed by atoms with Crippen molar-refractivity contribution in [1.29, 1.82) is 0 Å². The summed E-state index contributed by atoms with van der Waals surface area (Å²) in [6.07, 6.45) is 3.66. The van der Waals surface area contributed by atoms with Gasteiger partial charge in [-0.15, -0.1) is 6.58 Å². The molecule has 3 heteroatoms. The van der Waals surface area contributed by atoms with Gasteiger partial charge in [0, 0.05) is 10.7 Å². The fourth-order valence-corrected chi connectivity index (χ4v) is 1.33. The smallest absolute Gasteiger partial charge is 0.0678 e. The minimum Gasteiger partial charge on any atom is -0.306 e. The maximum atomic E-state index is 4.29. The molecule has 0 spiro atoms. The zero-order chi connectivity index (χ0) is 9.68. The van der Waals surface area contributed by atoms with Crippen LogP contribution in [0.25, 0.3) is 0 Å². The zero-order valence-electron chi connectivity index (χ0n) is 7.63. The summed E-state index contributed by atoms with van der Waals surface area (Å²) in [6.45, 7) is 6.74. The van der Waals surface area contributed by atoms with Crippen molar-refractivity contribution in [2.45, 2.75) is 13.0 Å². The first-order valence-electron chi connectivity index (χ1n) is 4.25. The van der Waals surface area contributed by atoms with Gasteiger partial charge in [0.25, 0.3) is 0 Å². The first kappa shape index (κ1) is 10.4. The Morgan fingerprint density at radius 1 is 1.69 bits per heavy atom. The predicted molar refractivity (Wildman–Crippen MR) is 58.6 cm³/mol. The number of halogens is 1. The molecule has 1 heterocycles. The molecule has 0 saturated heterocycles. The second kappa shape index (κ2) is 5.14. The standard InChI is InChI=1S/C10H13BrN2/c1-3-9(12-4-2)10-6-5-8(11)7-13-10/h3,5-7,9,12H,1,4H2,2H3. The van der Waals surface area contributed by atoms with Crippen LogP contribution >= 0.6 is 15.9 Å². The lowest BCUT2D eigenvalue weighted by Gasteiger charge is -2.12. The molecule has 1 rings (SSSR count). The molecule has 1 aromatic rings. The van der Waals surface area contributed by atoms with E-state index in [4.69, 9.17) is 0 Å². The predicted octanol–water partition coefficient (Wildman–Crippen LogP) is 2.68. The van der Waals surface area contributed by atoms with Crippen LogP contribution in [0.2, 0.25) is 0 Å². The number of rotatable bonds is 4. The van der Waals surface area contributed by atoms with Gasteiger partial charge in [0.05, 0.1) is 11.7 Å². The van der Waals surface area contributed by atoms with Crippen LogP contribution in [0.5, 0.6) is 0 Å². The highest BCUT2D eigenvalue weighted by Gasteiger charge is 2.05. The Labute approximate surface area is 87.2 Å². The number of hydrogen-bond donors (Lipinski definition) is 1. The average Bonchev–Trinajstić information content (AvgIpc) is 2.16. The summed E-state index contributed by atoms with van der Waals surface area (Å²) in [5.74, 6) is 0. The Hall–Kier alpha value is -0.670. The lowest BCUT2D eigenvalue weighted by atomic mass is 10.2. The van der Waals surface area contributed by atoms with E-state index in [0.717, 1.165) is 16.7 Å². The van der Waals surface area contributed by atoms with Crippen LogP contribution in [-0.4, -0.2) is 11.5 Å². The maximum absolute atomic E-state index is 4.29. The molecule has 70 valence electrons. The van der Waals surface area contributed by atoms with Crippen LogP contribution in [0.15, 0.2) is 35.5 Å². The Bertz CT molecular complexity index is 269. The zero-order valence-corrected chi connectivity index (χ0v) is 9.21. The molecule has 1 unspecified atom stereocenters. The molecule has 0 aliphatic carbocycles. The van der Waals surface area contributed by atoms with E-state index in [0.29, 0.717) is 0 Å². The molecular weight excluding hydrogens is 228 g/mol. The normalized spacial score (nSPS) is 12.5. The van der Waals surface area contributed by atoms with Crippen LogP contribution in [0.4, 0.5) is 0 Å². The van der Waals surface area contributed by atoms with Gasteiger partial charge < -0.3 is 5.32 Å². The minimum atomic E-state index is 0.151. The van der Waals surface area contributed by atoms with Crippen molar-refractivity contribution < 1.29 is 0 Å². The highest BCUT2D eigenvalue weighted by molar-refractivity contribution is 9.10. The first-order chi connectivity index (χ1) is 6.27. The molecular formula is C10H13BrN2. The number of hydrogen-bond acceptors (Lipinski definition) is 2. The van der Waals surface area contributed by atoms with Gasteiger partial charge in [0.15, 0.2) is 0 Å². The summed E-state index contributed by atoms with van der Waals surface area (Å²) >= 11 is 3.35. The molecule has 1 aromatic heterocycles. The van der Waals surface area contributed by atoms with E-state index in [-0.39, 0.29) is 6.04 Å². The lowest BCUT2D eigenvalue weighted by molar-refractivity contribution is 0.633. The van der Waals surface area contributed by atoms with Crippen LogP contribution in [0, 0.1) is 0 Å². The lowest BCUT2D eigenvalue weighted by Crippen LogP contribution is -2.19. The second-order valence-corrected chi connectivity index (χ2v) is 3.59. The second-order valence-electron chi connectivity index (χ2n) is 2.67. The summed E-state index contributed by atoms with van der Waals surface area (Å²) in [7, 11) is 0. The van der Waals surface area contributed by atoms with Crippen molar-refractivity contribution >= 4 is 15.9 Å². The van der Waals surface area contributed by atoms with Gasteiger partial charge in [-0.1, -0.05) is 13.0 Å². The SMILES string of the molecule is C=CC(NCC)c1ccc(Br)cn1. The quantitative estimate of drug-likeness (QED) is 0.820. The van der Waals surface area contributed by atoms with Crippen molar-refractivity contribution in [3.8, 4) is 0 Å². The molecule has 0 saturated carbocycles. The maximum Gasteiger partial charge on any atom is 0.0678 e. The van der Waals surface area contributed by atoms with E-state index < -0.39 is 0 Å². The molecule has 13 heavy (non-hydrogen) atoms. The number of aromatic nitrogens is 1. The Morgan fingerprint density at radius 3 is 2.92 bits per heavy atom.